The van der Waals surface area contributed by atoms with Crippen LogP contribution in [0.5, 0.6) is 11.5 Å². The summed E-state index contributed by atoms with van der Waals surface area (Å²) >= 11 is 0. The van der Waals surface area contributed by atoms with Gasteiger partial charge in [0.1, 0.15) is 11.5 Å². The lowest BCUT2D eigenvalue weighted by molar-refractivity contribution is 0.414. The summed E-state index contributed by atoms with van der Waals surface area (Å²) in [7, 11) is 3.37. The van der Waals surface area contributed by atoms with Gasteiger partial charge in [-0.3, -0.25) is 0 Å². The van der Waals surface area contributed by atoms with Crippen LogP contribution in [0.15, 0.2) is 109 Å². The lowest BCUT2D eigenvalue weighted by Gasteiger charge is -2.31. The van der Waals surface area contributed by atoms with E-state index in [-0.39, 0.29) is 12.1 Å². The summed E-state index contributed by atoms with van der Waals surface area (Å²) in [5.41, 5.74) is 4.42. The molecule has 0 aliphatic heterocycles. The van der Waals surface area contributed by atoms with Crippen LogP contribution in [0, 0.1) is 0 Å². The molecule has 0 bridgehead atoms. The number of ether oxygens (including phenoxy) is 2. The van der Waals surface area contributed by atoms with E-state index in [1.165, 1.54) is 0 Å². The largest absolute Gasteiger partial charge is 0.497 e. The maximum absolute atomic E-state index is 5.38. The molecular formula is C28H28N2O2. The van der Waals surface area contributed by atoms with Crippen molar-refractivity contribution in [3.8, 4) is 11.5 Å². The van der Waals surface area contributed by atoms with Gasteiger partial charge in [-0.25, -0.2) is 0 Å². The molecule has 0 amide bonds. The number of methoxy groups -OCH3 is 2. The second kappa shape index (κ2) is 10.4. The van der Waals surface area contributed by atoms with Crippen molar-refractivity contribution in [2.24, 2.45) is 0 Å². The Balaban J connectivity index is 1.77. The molecule has 0 unspecified atom stereocenters. The van der Waals surface area contributed by atoms with Crippen LogP contribution in [0.3, 0.4) is 0 Å². The molecule has 0 fully saturated rings. The molecule has 4 aromatic carbocycles. The Morgan fingerprint density at radius 2 is 0.812 bits per heavy atom. The summed E-state index contributed by atoms with van der Waals surface area (Å²) in [5.74, 6) is 1.67. The quantitative estimate of drug-likeness (QED) is 0.313. The van der Waals surface area contributed by atoms with Gasteiger partial charge in [-0.15, -0.1) is 0 Å². The number of hydrogen-bond donors (Lipinski definition) is 2. The maximum Gasteiger partial charge on any atom is 0.118 e. The first kappa shape index (κ1) is 21.3. The van der Waals surface area contributed by atoms with E-state index in [0.29, 0.717) is 0 Å². The molecular weight excluding hydrogens is 396 g/mol. The summed E-state index contributed by atoms with van der Waals surface area (Å²) in [4.78, 5) is 0. The number of benzene rings is 4. The van der Waals surface area contributed by atoms with Gasteiger partial charge in [0.15, 0.2) is 0 Å². The smallest absolute Gasteiger partial charge is 0.118 e. The lowest BCUT2D eigenvalue weighted by atomic mass is 9.92. The fourth-order valence-corrected chi connectivity index (χ4v) is 3.77. The van der Waals surface area contributed by atoms with E-state index in [1.54, 1.807) is 14.2 Å². The molecule has 0 spiro atoms. The summed E-state index contributed by atoms with van der Waals surface area (Å²) < 4.78 is 10.8. The maximum atomic E-state index is 5.38. The predicted molar refractivity (Wildman–Crippen MR) is 132 cm³/mol. The fourth-order valence-electron chi connectivity index (χ4n) is 3.77. The van der Waals surface area contributed by atoms with E-state index < -0.39 is 0 Å². The molecule has 4 nitrogen and oxygen atoms in total. The van der Waals surface area contributed by atoms with Crippen LogP contribution in [0.2, 0.25) is 0 Å². The topological polar surface area (TPSA) is 42.5 Å². The van der Waals surface area contributed by atoms with Crippen LogP contribution in [0.25, 0.3) is 0 Å². The van der Waals surface area contributed by atoms with Gasteiger partial charge in [0, 0.05) is 11.4 Å². The second-order valence-corrected chi connectivity index (χ2v) is 7.52. The number of hydrogen-bond acceptors (Lipinski definition) is 4. The van der Waals surface area contributed by atoms with Crippen LogP contribution >= 0.6 is 0 Å². The van der Waals surface area contributed by atoms with Gasteiger partial charge in [-0.2, -0.15) is 0 Å². The molecule has 0 aromatic heterocycles. The molecule has 0 aliphatic rings. The van der Waals surface area contributed by atoms with Crippen molar-refractivity contribution in [1.29, 1.82) is 0 Å². The number of nitrogens with one attached hydrogen (secondary N) is 2. The number of para-hydroxylation sites is 2. The van der Waals surface area contributed by atoms with Crippen molar-refractivity contribution < 1.29 is 9.47 Å². The molecule has 0 radical (unpaired) electrons. The molecule has 2 N–H and O–H groups in total. The average molecular weight is 425 g/mol. The highest BCUT2D eigenvalue weighted by Crippen LogP contribution is 2.36. The minimum Gasteiger partial charge on any atom is -0.497 e. The van der Waals surface area contributed by atoms with Crippen molar-refractivity contribution in [2.75, 3.05) is 24.9 Å². The molecule has 0 saturated carbocycles. The van der Waals surface area contributed by atoms with Crippen LogP contribution in [-0.4, -0.2) is 14.2 Å². The highest BCUT2D eigenvalue weighted by Gasteiger charge is 2.25. The molecule has 0 heterocycles. The van der Waals surface area contributed by atoms with E-state index >= 15 is 0 Å². The first-order valence-corrected chi connectivity index (χ1v) is 10.7. The van der Waals surface area contributed by atoms with Crippen molar-refractivity contribution in [2.45, 2.75) is 12.1 Å². The van der Waals surface area contributed by atoms with Crippen molar-refractivity contribution in [1.82, 2.24) is 0 Å². The molecule has 0 saturated heterocycles. The van der Waals surface area contributed by atoms with Crippen LogP contribution < -0.4 is 20.1 Å². The normalized spacial score (nSPS) is 12.4. The molecule has 4 rings (SSSR count). The van der Waals surface area contributed by atoms with Gasteiger partial charge < -0.3 is 20.1 Å². The first-order valence-electron chi connectivity index (χ1n) is 10.7. The Hall–Kier alpha value is -3.92. The van der Waals surface area contributed by atoms with Gasteiger partial charge >= 0.3 is 0 Å². The van der Waals surface area contributed by atoms with Gasteiger partial charge in [-0.1, -0.05) is 60.7 Å². The van der Waals surface area contributed by atoms with Crippen molar-refractivity contribution in [3.05, 3.63) is 120 Å². The summed E-state index contributed by atoms with van der Waals surface area (Å²) in [6, 6.07) is 36.9. The monoisotopic (exact) mass is 424 g/mol. The van der Waals surface area contributed by atoms with E-state index in [9.17, 15) is 0 Å². The van der Waals surface area contributed by atoms with Crippen molar-refractivity contribution >= 4 is 11.4 Å². The molecule has 32 heavy (non-hydrogen) atoms. The Morgan fingerprint density at radius 3 is 1.12 bits per heavy atom. The highest BCUT2D eigenvalue weighted by atomic mass is 16.5. The van der Waals surface area contributed by atoms with E-state index in [2.05, 4.69) is 59.2 Å². The Bertz CT molecular complexity index is 991. The Kier molecular flexibility index (Phi) is 6.93. The number of rotatable bonds is 9. The minimum atomic E-state index is -0.0445. The summed E-state index contributed by atoms with van der Waals surface area (Å²) in [5, 5.41) is 7.49. The molecule has 4 aromatic rings. The van der Waals surface area contributed by atoms with Crippen LogP contribution in [0.4, 0.5) is 11.4 Å². The van der Waals surface area contributed by atoms with Gasteiger partial charge in [-0.05, 0) is 59.7 Å². The van der Waals surface area contributed by atoms with E-state index in [4.69, 9.17) is 9.47 Å². The number of anilines is 2. The Morgan fingerprint density at radius 1 is 0.469 bits per heavy atom. The molecule has 0 aliphatic carbocycles. The standard InChI is InChI=1S/C28H28N2O2/c1-31-25-17-13-21(14-18-25)27(29-23-9-5-3-6-10-23)28(30-24-11-7-4-8-12-24)22-15-19-26(32-2)20-16-22/h3-20,27-30H,1-2H3/t27-,28-/m0/s1. The zero-order valence-electron chi connectivity index (χ0n) is 18.4. The summed E-state index contributed by atoms with van der Waals surface area (Å²) in [6.45, 7) is 0. The average Bonchev–Trinajstić information content (AvgIpc) is 2.87. The first-order chi connectivity index (χ1) is 15.8. The minimum absolute atomic E-state index is 0.0445. The molecule has 2 atom stereocenters. The van der Waals surface area contributed by atoms with Crippen molar-refractivity contribution in [3.63, 3.8) is 0 Å². The van der Waals surface area contributed by atoms with E-state index in [1.807, 2.05) is 60.7 Å². The lowest BCUT2D eigenvalue weighted by Crippen LogP contribution is -2.25. The van der Waals surface area contributed by atoms with Crippen LogP contribution in [-0.2, 0) is 0 Å². The SMILES string of the molecule is COc1ccc([C@H](Nc2ccccc2)[C@@H](Nc2ccccc2)c2ccc(OC)cc2)cc1. The third-order valence-electron chi connectivity index (χ3n) is 5.48. The third kappa shape index (κ3) is 5.22. The van der Waals surface area contributed by atoms with Gasteiger partial charge in [0.25, 0.3) is 0 Å². The Labute approximate surface area is 189 Å². The van der Waals surface area contributed by atoms with Gasteiger partial charge in [0.2, 0.25) is 0 Å². The van der Waals surface area contributed by atoms with Gasteiger partial charge in [0.05, 0.1) is 26.3 Å². The fraction of sp³-hybridized carbons (Fsp3) is 0.143. The highest BCUT2D eigenvalue weighted by molar-refractivity contribution is 5.52. The van der Waals surface area contributed by atoms with Crippen LogP contribution in [0.1, 0.15) is 23.2 Å². The predicted octanol–water partition coefficient (Wildman–Crippen LogP) is 6.71. The zero-order chi connectivity index (χ0) is 22.2. The summed E-state index contributed by atoms with van der Waals surface area (Å²) in [6.07, 6.45) is 0. The molecule has 162 valence electrons. The van der Waals surface area contributed by atoms with E-state index in [0.717, 1.165) is 34.0 Å². The zero-order valence-corrected chi connectivity index (χ0v) is 18.4. The molecule has 4 heteroatoms. The third-order valence-corrected chi connectivity index (χ3v) is 5.48. The second-order valence-electron chi connectivity index (χ2n) is 7.52.